The lowest BCUT2D eigenvalue weighted by atomic mass is 10.1. The third-order valence-electron chi connectivity index (χ3n) is 2.28. The zero-order valence-corrected chi connectivity index (χ0v) is 8.55. The van der Waals surface area contributed by atoms with E-state index in [2.05, 4.69) is 11.9 Å². The van der Waals surface area contributed by atoms with Gasteiger partial charge >= 0.3 is 0 Å². The molecule has 0 saturated carbocycles. The van der Waals surface area contributed by atoms with E-state index in [4.69, 9.17) is 16.3 Å². The van der Waals surface area contributed by atoms with Crippen LogP contribution in [0.25, 0.3) is 0 Å². The molecule has 0 radical (unpaired) electrons. The van der Waals surface area contributed by atoms with Crippen LogP contribution in [0.1, 0.15) is 11.6 Å². The van der Waals surface area contributed by atoms with E-state index < -0.39 is 0 Å². The van der Waals surface area contributed by atoms with Gasteiger partial charge in [0.1, 0.15) is 12.4 Å². The Bertz CT molecular complexity index is 351. The molecule has 1 atom stereocenters. The Morgan fingerprint density at radius 3 is 3.29 bits per heavy atom. The van der Waals surface area contributed by atoms with E-state index in [9.17, 15) is 0 Å². The summed E-state index contributed by atoms with van der Waals surface area (Å²) >= 11 is 6.00. The fraction of sp³-hybridized carbons (Fsp3) is 0.273. The molecule has 3 heteroatoms. The minimum Gasteiger partial charge on any atom is -0.490 e. The summed E-state index contributed by atoms with van der Waals surface area (Å²) in [6.07, 6.45) is 1.84. The van der Waals surface area contributed by atoms with Crippen LogP contribution in [0.15, 0.2) is 30.9 Å². The van der Waals surface area contributed by atoms with Crippen LogP contribution >= 0.6 is 11.6 Å². The molecule has 1 aromatic carbocycles. The average molecular weight is 210 g/mol. The molecule has 14 heavy (non-hydrogen) atoms. The highest BCUT2D eigenvalue weighted by Gasteiger charge is 2.24. The number of halogens is 1. The molecule has 1 N–H and O–H groups in total. The third kappa shape index (κ3) is 1.63. The molecular formula is C11H12ClNO. The second-order valence-corrected chi connectivity index (χ2v) is 3.63. The van der Waals surface area contributed by atoms with Crippen molar-refractivity contribution in [2.24, 2.45) is 0 Å². The van der Waals surface area contributed by atoms with Gasteiger partial charge in [-0.1, -0.05) is 29.8 Å². The second kappa shape index (κ2) is 4.03. The van der Waals surface area contributed by atoms with Crippen LogP contribution < -0.4 is 10.1 Å². The van der Waals surface area contributed by atoms with Crippen LogP contribution in [0, 0.1) is 0 Å². The molecular weight excluding hydrogens is 198 g/mol. The zero-order valence-electron chi connectivity index (χ0n) is 7.79. The Kier molecular flexibility index (Phi) is 2.75. The Labute approximate surface area is 88.5 Å². The number of benzene rings is 1. The molecule has 2 nitrogen and oxygen atoms in total. The maximum absolute atomic E-state index is 6.00. The lowest BCUT2D eigenvalue weighted by molar-refractivity contribution is 0.315. The summed E-state index contributed by atoms with van der Waals surface area (Å²) < 4.78 is 5.51. The SMILES string of the molecule is C=CCNC1COc2c(Cl)cccc21. The van der Waals surface area contributed by atoms with Crippen molar-refractivity contribution in [3.8, 4) is 5.75 Å². The van der Waals surface area contributed by atoms with Gasteiger partial charge in [0.2, 0.25) is 0 Å². The van der Waals surface area contributed by atoms with Gasteiger partial charge in [-0.15, -0.1) is 6.58 Å². The Morgan fingerprint density at radius 1 is 1.64 bits per heavy atom. The zero-order chi connectivity index (χ0) is 9.97. The molecule has 2 rings (SSSR count). The summed E-state index contributed by atoms with van der Waals surface area (Å²) in [5, 5.41) is 4.00. The van der Waals surface area contributed by atoms with Gasteiger partial charge < -0.3 is 10.1 Å². The van der Waals surface area contributed by atoms with Crippen LogP contribution in [0.2, 0.25) is 5.02 Å². The summed E-state index contributed by atoms with van der Waals surface area (Å²) in [5.41, 5.74) is 1.14. The van der Waals surface area contributed by atoms with Crippen LogP contribution in [0.4, 0.5) is 0 Å². The highest BCUT2D eigenvalue weighted by molar-refractivity contribution is 6.32. The molecule has 1 aliphatic rings. The molecule has 74 valence electrons. The second-order valence-electron chi connectivity index (χ2n) is 3.22. The fourth-order valence-electron chi connectivity index (χ4n) is 1.60. The molecule has 0 spiro atoms. The summed E-state index contributed by atoms with van der Waals surface area (Å²) in [4.78, 5) is 0. The van der Waals surface area contributed by atoms with Gasteiger partial charge in [-0.05, 0) is 6.07 Å². The van der Waals surface area contributed by atoms with Crippen molar-refractivity contribution < 1.29 is 4.74 Å². The van der Waals surface area contributed by atoms with Crippen LogP contribution in [-0.4, -0.2) is 13.2 Å². The van der Waals surface area contributed by atoms with Crippen molar-refractivity contribution in [3.63, 3.8) is 0 Å². The maximum Gasteiger partial charge on any atom is 0.142 e. The van der Waals surface area contributed by atoms with Gasteiger partial charge in [0, 0.05) is 12.1 Å². The summed E-state index contributed by atoms with van der Waals surface area (Å²) in [6, 6.07) is 6.06. The first-order valence-electron chi connectivity index (χ1n) is 4.58. The first-order valence-corrected chi connectivity index (χ1v) is 4.96. The van der Waals surface area contributed by atoms with Crippen molar-refractivity contribution in [3.05, 3.63) is 41.4 Å². The van der Waals surface area contributed by atoms with Gasteiger partial charge in [-0.3, -0.25) is 0 Å². The number of rotatable bonds is 3. The molecule has 1 heterocycles. The first kappa shape index (κ1) is 9.56. The largest absolute Gasteiger partial charge is 0.490 e. The molecule has 0 saturated heterocycles. The lowest BCUT2D eigenvalue weighted by Crippen LogP contribution is -2.22. The van der Waals surface area contributed by atoms with Crippen molar-refractivity contribution in [2.45, 2.75) is 6.04 Å². The summed E-state index contributed by atoms with van der Waals surface area (Å²) in [5.74, 6) is 0.815. The van der Waals surface area contributed by atoms with Crippen molar-refractivity contribution in [2.75, 3.05) is 13.2 Å². The van der Waals surface area contributed by atoms with Crippen molar-refractivity contribution in [1.29, 1.82) is 0 Å². The number of hydrogen-bond acceptors (Lipinski definition) is 2. The minimum atomic E-state index is 0.238. The van der Waals surface area contributed by atoms with Crippen molar-refractivity contribution in [1.82, 2.24) is 5.32 Å². The molecule has 1 aromatic rings. The Balaban J connectivity index is 2.21. The number of ether oxygens (including phenoxy) is 1. The molecule has 0 aromatic heterocycles. The van der Waals surface area contributed by atoms with E-state index in [1.54, 1.807) is 0 Å². The predicted octanol–water partition coefficient (Wildman–Crippen LogP) is 2.55. The van der Waals surface area contributed by atoms with E-state index in [0.29, 0.717) is 11.6 Å². The maximum atomic E-state index is 6.00. The van der Waals surface area contributed by atoms with Gasteiger partial charge in [0.25, 0.3) is 0 Å². The van der Waals surface area contributed by atoms with Crippen molar-refractivity contribution >= 4 is 11.6 Å². The van der Waals surface area contributed by atoms with E-state index in [-0.39, 0.29) is 6.04 Å². The quantitative estimate of drug-likeness (QED) is 0.773. The van der Waals surface area contributed by atoms with Crippen LogP contribution in [0.3, 0.4) is 0 Å². The molecule has 1 unspecified atom stereocenters. The highest BCUT2D eigenvalue weighted by Crippen LogP contribution is 2.37. The number of fused-ring (bicyclic) bond motifs is 1. The minimum absolute atomic E-state index is 0.238. The number of hydrogen-bond donors (Lipinski definition) is 1. The van der Waals surface area contributed by atoms with Crippen LogP contribution in [0.5, 0.6) is 5.75 Å². The lowest BCUT2D eigenvalue weighted by Gasteiger charge is -2.08. The van der Waals surface area contributed by atoms with Gasteiger partial charge in [0.05, 0.1) is 11.1 Å². The molecule has 1 aliphatic heterocycles. The van der Waals surface area contributed by atoms with Gasteiger partial charge in [0.15, 0.2) is 0 Å². The Hall–Kier alpha value is -0.990. The summed E-state index contributed by atoms with van der Waals surface area (Å²) in [6.45, 7) is 5.09. The van der Waals surface area contributed by atoms with E-state index in [1.165, 1.54) is 0 Å². The van der Waals surface area contributed by atoms with Gasteiger partial charge in [-0.25, -0.2) is 0 Å². The van der Waals surface area contributed by atoms with Gasteiger partial charge in [-0.2, -0.15) is 0 Å². The topological polar surface area (TPSA) is 21.3 Å². The molecule has 0 bridgehead atoms. The number of para-hydroxylation sites is 1. The smallest absolute Gasteiger partial charge is 0.142 e. The van der Waals surface area contributed by atoms with Crippen LogP contribution in [-0.2, 0) is 0 Å². The highest BCUT2D eigenvalue weighted by atomic mass is 35.5. The monoisotopic (exact) mass is 209 g/mol. The van der Waals surface area contributed by atoms with E-state index in [1.807, 2.05) is 24.3 Å². The fourth-order valence-corrected chi connectivity index (χ4v) is 1.84. The average Bonchev–Trinajstić information content (AvgIpc) is 2.60. The molecule has 0 fully saturated rings. The standard InChI is InChI=1S/C11H12ClNO/c1-2-6-13-10-7-14-11-8(10)4-3-5-9(11)12/h2-5,10,13H,1,6-7H2. The predicted molar refractivity (Wildman–Crippen MR) is 57.9 cm³/mol. The third-order valence-corrected chi connectivity index (χ3v) is 2.57. The van der Waals surface area contributed by atoms with E-state index in [0.717, 1.165) is 17.9 Å². The first-order chi connectivity index (χ1) is 6.83. The Morgan fingerprint density at radius 2 is 2.50 bits per heavy atom. The number of nitrogens with one attached hydrogen (secondary N) is 1. The summed E-state index contributed by atoms with van der Waals surface area (Å²) in [7, 11) is 0. The van der Waals surface area contributed by atoms with E-state index >= 15 is 0 Å². The molecule has 0 aliphatic carbocycles. The normalized spacial score (nSPS) is 18.8. The molecule has 0 amide bonds.